The number of alkyl halides is 3. The Morgan fingerprint density at radius 3 is 2.70 bits per heavy atom. The van der Waals surface area contributed by atoms with Crippen LogP contribution in [0.1, 0.15) is 12.0 Å². The summed E-state index contributed by atoms with van der Waals surface area (Å²) in [6.07, 6.45) is -2.72. The van der Waals surface area contributed by atoms with Crippen molar-refractivity contribution in [3.63, 3.8) is 0 Å². The number of hydrogen-bond acceptors (Lipinski definition) is 4. The zero-order valence-electron chi connectivity index (χ0n) is 15.7. The fraction of sp³-hybridized carbons (Fsp3) is 0.611. The predicted octanol–water partition coefficient (Wildman–Crippen LogP) is 2.03. The van der Waals surface area contributed by atoms with Gasteiger partial charge in [0.2, 0.25) is 0 Å². The van der Waals surface area contributed by atoms with E-state index in [-0.39, 0.29) is 5.92 Å². The zero-order chi connectivity index (χ0) is 19.9. The molecule has 9 heteroatoms. The fourth-order valence-corrected chi connectivity index (χ4v) is 3.11. The number of hydrogen-bond donors (Lipinski definition) is 2. The molecule has 1 atom stereocenters. The number of nitrogens with zero attached hydrogens (tertiary/aromatic N) is 2. The molecule has 1 unspecified atom stereocenters. The standard InChI is InChI=1S/C18H27F3N4O2/c1-26-15-4-3-13(9-16(15)27-2)5-7-23-17(22)24-10-14-6-8-25(11-14)12-18(19,20)21/h3-4,9,14H,5-8,10-12H2,1-2H3,(H3,22,23,24). The molecule has 1 aliphatic rings. The van der Waals surface area contributed by atoms with Crippen molar-refractivity contribution in [1.82, 2.24) is 10.2 Å². The van der Waals surface area contributed by atoms with Gasteiger partial charge in [-0.2, -0.15) is 13.2 Å². The number of nitrogens with one attached hydrogen (secondary N) is 1. The van der Waals surface area contributed by atoms with Gasteiger partial charge in [0.25, 0.3) is 0 Å². The van der Waals surface area contributed by atoms with Crippen molar-refractivity contribution in [2.24, 2.45) is 16.6 Å². The maximum atomic E-state index is 12.4. The van der Waals surface area contributed by atoms with Gasteiger partial charge in [0.1, 0.15) is 0 Å². The molecule has 3 N–H and O–H groups in total. The predicted molar refractivity (Wildman–Crippen MR) is 98.3 cm³/mol. The molecule has 152 valence electrons. The van der Waals surface area contributed by atoms with Crippen molar-refractivity contribution in [3.05, 3.63) is 23.8 Å². The van der Waals surface area contributed by atoms with E-state index in [0.717, 1.165) is 12.0 Å². The largest absolute Gasteiger partial charge is 0.493 e. The Hall–Kier alpha value is -2.16. The Morgan fingerprint density at radius 1 is 1.30 bits per heavy atom. The van der Waals surface area contributed by atoms with Crippen LogP contribution in [-0.2, 0) is 6.42 Å². The Balaban J connectivity index is 1.72. The highest BCUT2D eigenvalue weighted by Crippen LogP contribution is 2.27. The maximum Gasteiger partial charge on any atom is 0.401 e. The van der Waals surface area contributed by atoms with Crippen molar-refractivity contribution in [1.29, 1.82) is 0 Å². The van der Waals surface area contributed by atoms with E-state index < -0.39 is 12.7 Å². The van der Waals surface area contributed by atoms with Crippen molar-refractivity contribution in [2.45, 2.75) is 19.0 Å². The third-order valence-corrected chi connectivity index (χ3v) is 4.46. The molecule has 1 aliphatic heterocycles. The lowest BCUT2D eigenvalue weighted by molar-refractivity contribution is -0.143. The summed E-state index contributed by atoms with van der Waals surface area (Å²) in [6, 6.07) is 5.70. The van der Waals surface area contributed by atoms with Crippen molar-refractivity contribution < 1.29 is 22.6 Å². The quantitative estimate of drug-likeness (QED) is 0.527. The summed E-state index contributed by atoms with van der Waals surface area (Å²) in [7, 11) is 3.17. The van der Waals surface area contributed by atoms with E-state index >= 15 is 0 Å². The lowest BCUT2D eigenvalue weighted by Crippen LogP contribution is -2.34. The zero-order valence-corrected chi connectivity index (χ0v) is 15.7. The number of benzene rings is 1. The van der Waals surface area contributed by atoms with Gasteiger partial charge in [0.05, 0.1) is 20.8 Å². The molecule has 1 saturated heterocycles. The second-order valence-electron chi connectivity index (χ2n) is 6.60. The van der Waals surface area contributed by atoms with Crippen LogP contribution in [0.25, 0.3) is 0 Å². The number of methoxy groups -OCH3 is 2. The average Bonchev–Trinajstić information content (AvgIpc) is 3.05. The molecule has 27 heavy (non-hydrogen) atoms. The molecule has 2 rings (SSSR count). The Bertz CT molecular complexity index is 638. The molecule has 0 aromatic heterocycles. The maximum absolute atomic E-state index is 12.4. The molecule has 0 bridgehead atoms. The third kappa shape index (κ3) is 7.16. The summed E-state index contributed by atoms with van der Waals surface area (Å²) in [5, 5.41) is 3.03. The number of halogens is 3. The van der Waals surface area contributed by atoms with Gasteiger partial charge >= 0.3 is 6.18 Å². The fourth-order valence-electron chi connectivity index (χ4n) is 3.11. The Kier molecular flexibility index (Phi) is 7.58. The minimum Gasteiger partial charge on any atom is -0.493 e. The number of nitrogens with two attached hydrogens (primary N) is 1. The molecule has 1 heterocycles. The summed E-state index contributed by atoms with van der Waals surface area (Å²) >= 11 is 0. The molecule has 1 aromatic carbocycles. The topological polar surface area (TPSA) is 72.1 Å². The van der Waals surface area contributed by atoms with Crippen LogP contribution in [-0.4, -0.2) is 64.0 Å². The van der Waals surface area contributed by atoms with Gasteiger partial charge in [-0.15, -0.1) is 0 Å². The van der Waals surface area contributed by atoms with Crippen LogP contribution in [0.15, 0.2) is 23.2 Å². The second-order valence-corrected chi connectivity index (χ2v) is 6.60. The molecule has 1 aromatic rings. The lowest BCUT2D eigenvalue weighted by atomic mass is 10.1. The van der Waals surface area contributed by atoms with E-state index in [4.69, 9.17) is 15.2 Å². The summed E-state index contributed by atoms with van der Waals surface area (Å²) in [5.41, 5.74) is 6.92. The van der Waals surface area contributed by atoms with Gasteiger partial charge in [0, 0.05) is 19.6 Å². The average molecular weight is 388 g/mol. The van der Waals surface area contributed by atoms with E-state index in [2.05, 4.69) is 10.3 Å². The molecule has 0 aliphatic carbocycles. The highest BCUT2D eigenvalue weighted by molar-refractivity contribution is 5.77. The Morgan fingerprint density at radius 2 is 2.04 bits per heavy atom. The first-order valence-electron chi connectivity index (χ1n) is 8.84. The lowest BCUT2D eigenvalue weighted by Gasteiger charge is -2.17. The minimum atomic E-state index is -4.15. The van der Waals surface area contributed by atoms with Gasteiger partial charge < -0.3 is 20.5 Å². The summed E-state index contributed by atoms with van der Waals surface area (Å²) in [4.78, 5) is 5.68. The van der Waals surface area contributed by atoms with E-state index in [9.17, 15) is 13.2 Å². The number of aliphatic imine (C=N–C) groups is 1. The van der Waals surface area contributed by atoms with E-state index in [1.165, 1.54) is 4.90 Å². The first-order chi connectivity index (χ1) is 12.8. The molecule has 0 saturated carbocycles. The van der Waals surface area contributed by atoms with E-state index in [1.54, 1.807) is 14.2 Å². The van der Waals surface area contributed by atoms with Gasteiger partial charge in [-0.3, -0.25) is 9.89 Å². The smallest absolute Gasteiger partial charge is 0.401 e. The molecule has 0 spiro atoms. The summed E-state index contributed by atoms with van der Waals surface area (Å²) in [5.74, 6) is 1.76. The normalized spacial score (nSPS) is 18.6. The van der Waals surface area contributed by atoms with Crippen molar-refractivity contribution >= 4 is 5.96 Å². The number of guanidine groups is 1. The molecule has 1 fully saturated rings. The van der Waals surface area contributed by atoms with Gasteiger partial charge in [-0.05, 0) is 43.0 Å². The third-order valence-electron chi connectivity index (χ3n) is 4.46. The van der Waals surface area contributed by atoms with Crippen LogP contribution in [0.3, 0.4) is 0 Å². The highest BCUT2D eigenvalue weighted by Gasteiger charge is 2.34. The molecule has 0 amide bonds. The van der Waals surface area contributed by atoms with Crippen molar-refractivity contribution in [2.75, 3.05) is 46.9 Å². The first kappa shape index (κ1) is 21.1. The highest BCUT2D eigenvalue weighted by atomic mass is 19.4. The summed E-state index contributed by atoms with van der Waals surface area (Å²) < 4.78 is 47.7. The number of ether oxygens (including phenoxy) is 2. The number of rotatable bonds is 8. The monoisotopic (exact) mass is 388 g/mol. The molecular weight excluding hydrogens is 361 g/mol. The SMILES string of the molecule is COc1ccc(CCNC(N)=NCC2CCN(CC(F)(F)F)C2)cc1OC. The van der Waals surface area contributed by atoms with Gasteiger partial charge in [0.15, 0.2) is 17.5 Å². The Labute approximate surface area is 157 Å². The van der Waals surface area contributed by atoms with Crippen LogP contribution in [0.4, 0.5) is 13.2 Å². The number of likely N-dealkylation sites (tertiary alicyclic amines) is 1. The molecular formula is C18H27F3N4O2. The van der Waals surface area contributed by atoms with Crippen molar-refractivity contribution in [3.8, 4) is 11.5 Å². The molecule has 6 nitrogen and oxygen atoms in total. The summed E-state index contributed by atoms with van der Waals surface area (Å²) in [6.45, 7) is 1.03. The van der Waals surface area contributed by atoms with Crippen LogP contribution in [0.2, 0.25) is 0 Å². The first-order valence-corrected chi connectivity index (χ1v) is 8.84. The van der Waals surface area contributed by atoms with Crippen LogP contribution < -0.4 is 20.5 Å². The minimum absolute atomic E-state index is 0.110. The van der Waals surface area contributed by atoms with Crippen LogP contribution in [0, 0.1) is 5.92 Å². The molecule has 0 radical (unpaired) electrons. The van der Waals surface area contributed by atoms with Crippen LogP contribution in [0.5, 0.6) is 11.5 Å². The van der Waals surface area contributed by atoms with Gasteiger partial charge in [-0.1, -0.05) is 6.07 Å². The van der Waals surface area contributed by atoms with Gasteiger partial charge in [-0.25, -0.2) is 0 Å². The second kappa shape index (κ2) is 9.68. The van der Waals surface area contributed by atoms with E-state index in [0.29, 0.717) is 50.1 Å². The van der Waals surface area contributed by atoms with Crippen LogP contribution >= 0.6 is 0 Å². The van der Waals surface area contributed by atoms with E-state index in [1.807, 2.05) is 18.2 Å².